The molecule has 1 atom stereocenters. The van der Waals surface area contributed by atoms with Gasteiger partial charge in [-0.2, -0.15) is 0 Å². The standard InChI is InChI=1S/C15H14OS2/c16-10-12(11-6-2-1-3-7-11)15-17-13-8-4-5-9-14(13)18-15/h1-9,12,15-16H,10H2/t12-/m1/s1. The number of aliphatic hydroxyl groups excluding tert-OH is 1. The summed E-state index contributed by atoms with van der Waals surface area (Å²) in [7, 11) is 0. The Labute approximate surface area is 116 Å². The van der Waals surface area contributed by atoms with Gasteiger partial charge in [0.25, 0.3) is 0 Å². The van der Waals surface area contributed by atoms with Crippen LogP contribution < -0.4 is 0 Å². The zero-order valence-corrected chi connectivity index (χ0v) is 11.5. The van der Waals surface area contributed by atoms with E-state index in [1.807, 2.05) is 41.7 Å². The summed E-state index contributed by atoms with van der Waals surface area (Å²) < 4.78 is 0.370. The van der Waals surface area contributed by atoms with Crippen LogP contribution in [-0.2, 0) is 0 Å². The lowest BCUT2D eigenvalue weighted by atomic mass is 10.0. The van der Waals surface area contributed by atoms with Gasteiger partial charge in [-0.25, -0.2) is 0 Å². The first-order valence-electron chi connectivity index (χ1n) is 5.96. The molecule has 1 aliphatic heterocycles. The van der Waals surface area contributed by atoms with Crippen molar-refractivity contribution in [3.63, 3.8) is 0 Å². The number of hydrogen-bond donors (Lipinski definition) is 1. The van der Waals surface area contributed by atoms with Gasteiger partial charge in [0, 0.05) is 15.7 Å². The van der Waals surface area contributed by atoms with Gasteiger partial charge in [0.2, 0.25) is 0 Å². The van der Waals surface area contributed by atoms with E-state index in [-0.39, 0.29) is 12.5 Å². The summed E-state index contributed by atoms with van der Waals surface area (Å²) >= 11 is 3.73. The summed E-state index contributed by atoms with van der Waals surface area (Å²) in [5.74, 6) is 0.189. The molecule has 1 nitrogen and oxygen atoms in total. The quantitative estimate of drug-likeness (QED) is 0.914. The summed E-state index contributed by atoms with van der Waals surface area (Å²) in [5, 5.41) is 9.69. The fourth-order valence-corrected chi connectivity index (χ4v) is 5.23. The van der Waals surface area contributed by atoms with Crippen molar-refractivity contribution >= 4 is 23.5 Å². The van der Waals surface area contributed by atoms with E-state index in [9.17, 15) is 5.11 Å². The minimum atomic E-state index is 0.189. The van der Waals surface area contributed by atoms with E-state index in [1.54, 1.807) is 0 Å². The van der Waals surface area contributed by atoms with Gasteiger partial charge in [-0.15, -0.1) is 23.5 Å². The summed E-state index contributed by atoms with van der Waals surface area (Å²) in [6.07, 6.45) is 0. The summed E-state index contributed by atoms with van der Waals surface area (Å²) in [5.41, 5.74) is 1.22. The third-order valence-corrected chi connectivity index (χ3v) is 6.14. The smallest absolute Gasteiger partial charge is 0.0688 e. The average molecular weight is 274 g/mol. The molecule has 92 valence electrons. The molecule has 0 spiro atoms. The van der Waals surface area contributed by atoms with Gasteiger partial charge < -0.3 is 5.11 Å². The Balaban J connectivity index is 1.84. The number of hydrogen-bond acceptors (Lipinski definition) is 3. The molecule has 0 saturated heterocycles. The topological polar surface area (TPSA) is 20.2 Å². The minimum Gasteiger partial charge on any atom is -0.396 e. The summed E-state index contributed by atoms with van der Waals surface area (Å²) in [6, 6.07) is 18.8. The Morgan fingerprint density at radius 2 is 1.44 bits per heavy atom. The molecule has 0 aliphatic carbocycles. The van der Waals surface area contributed by atoms with Gasteiger partial charge in [-0.3, -0.25) is 0 Å². The van der Waals surface area contributed by atoms with Gasteiger partial charge in [0.1, 0.15) is 0 Å². The minimum absolute atomic E-state index is 0.189. The first-order valence-corrected chi connectivity index (χ1v) is 7.72. The Morgan fingerprint density at radius 1 is 0.889 bits per heavy atom. The molecule has 2 aromatic rings. The molecule has 3 rings (SSSR count). The molecule has 1 aliphatic rings. The van der Waals surface area contributed by atoms with Crippen LogP contribution >= 0.6 is 23.5 Å². The summed E-state index contributed by atoms with van der Waals surface area (Å²) in [4.78, 5) is 2.67. The first kappa shape index (κ1) is 12.2. The molecular formula is C15H14OS2. The Bertz CT molecular complexity index is 502. The molecule has 1 heterocycles. The van der Waals surface area contributed by atoms with Crippen molar-refractivity contribution in [2.45, 2.75) is 20.3 Å². The second-order valence-corrected chi connectivity index (χ2v) is 6.92. The normalized spacial score (nSPS) is 16.5. The Hall–Kier alpha value is -0.900. The van der Waals surface area contributed by atoms with Gasteiger partial charge >= 0.3 is 0 Å². The molecule has 0 unspecified atom stereocenters. The van der Waals surface area contributed by atoms with Crippen LogP contribution in [0.15, 0.2) is 64.4 Å². The highest BCUT2D eigenvalue weighted by Crippen LogP contribution is 2.52. The highest BCUT2D eigenvalue weighted by molar-refractivity contribution is 8.19. The van der Waals surface area contributed by atoms with Gasteiger partial charge in [0.15, 0.2) is 0 Å². The van der Waals surface area contributed by atoms with Crippen molar-refractivity contribution in [2.24, 2.45) is 0 Å². The van der Waals surface area contributed by atoms with Crippen molar-refractivity contribution in [1.29, 1.82) is 0 Å². The van der Waals surface area contributed by atoms with E-state index < -0.39 is 0 Å². The van der Waals surface area contributed by atoms with Crippen LogP contribution in [0.3, 0.4) is 0 Å². The molecule has 0 amide bonds. The Kier molecular flexibility index (Phi) is 3.64. The maximum atomic E-state index is 9.69. The SMILES string of the molecule is OC[C@H](c1ccccc1)C1Sc2ccccc2S1. The second kappa shape index (κ2) is 5.39. The largest absolute Gasteiger partial charge is 0.396 e. The van der Waals surface area contributed by atoms with E-state index in [1.165, 1.54) is 15.4 Å². The summed E-state index contributed by atoms with van der Waals surface area (Å²) in [6.45, 7) is 0.197. The van der Waals surface area contributed by atoms with Crippen molar-refractivity contribution in [3.8, 4) is 0 Å². The Morgan fingerprint density at radius 3 is 2.00 bits per heavy atom. The van der Waals surface area contributed by atoms with Crippen LogP contribution in [0.5, 0.6) is 0 Å². The molecule has 0 radical (unpaired) electrons. The molecule has 18 heavy (non-hydrogen) atoms. The first-order chi connectivity index (χ1) is 8.88. The van der Waals surface area contributed by atoms with E-state index in [0.717, 1.165) is 0 Å². The van der Waals surface area contributed by atoms with E-state index in [0.29, 0.717) is 4.58 Å². The van der Waals surface area contributed by atoms with E-state index in [2.05, 4.69) is 36.4 Å². The molecule has 0 aromatic heterocycles. The number of rotatable bonds is 3. The highest BCUT2D eigenvalue weighted by Gasteiger charge is 2.30. The zero-order valence-electron chi connectivity index (χ0n) is 9.82. The van der Waals surface area contributed by atoms with Gasteiger partial charge in [-0.05, 0) is 17.7 Å². The number of thioether (sulfide) groups is 2. The van der Waals surface area contributed by atoms with Crippen LogP contribution in [0.2, 0.25) is 0 Å². The van der Waals surface area contributed by atoms with E-state index in [4.69, 9.17) is 0 Å². The van der Waals surface area contributed by atoms with Gasteiger partial charge in [-0.1, -0.05) is 42.5 Å². The highest BCUT2D eigenvalue weighted by atomic mass is 32.2. The van der Waals surface area contributed by atoms with Gasteiger partial charge in [0.05, 0.1) is 11.2 Å². The monoisotopic (exact) mass is 274 g/mol. The zero-order chi connectivity index (χ0) is 12.4. The van der Waals surface area contributed by atoms with Crippen LogP contribution in [0.25, 0.3) is 0 Å². The van der Waals surface area contributed by atoms with Crippen LogP contribution in [0.1, 0.15) is 11.5 Å². The molecule has 0 fully saturated rings. The number of fused-ring (bicyclic) bond motifs is 1. The van der Waals surface area contributed by atoms with Crippen LogP contribution in [0.4, 0.5) is 0 Å². The predicted molar refractivity (Wildman–Crippen MR) is 78.2 cm³/mol. The lowest BCUT2D eigenvalue weighted by Gasteiger charge is -2.20. The third-order valence-electron chi connectivity index (χ3n) is 3.09. The lowest BCUT2D eigenvalue weighted by molar-refractivity contribution is 0.272. The van der Waals surface area contributed by atoms with Crippen LogP contribution in [-0.4, -0.2) is 16.3 Å². The lowest BCUT2D eigenvalue weighted by Crippen LogP contribution is -2.14. The van der Waals surface area contributed by atoms with Crippen molar-refractivity contribution in [3.05, 3.63) is 60.2 Å². The second-order valence-electron chi connectivity index (χ2n) is 4.25. The molecule has 2 aromatic carbocycles. The third kappa shape index (κ3) is 2.30. The fourth-order valence-electron chi connectivity index (χ4n) is 2.13. The van der Waals surface area contributed by atoms with Crippen molar-refractivity contribution in [1.82, 2.24) is 0 Å². The molecule has 0 saturated carbocycles. The molecular weight excluding hydrogens is 260 g/mol. The maximum Gasteiger partial charge on any atom is 0.0688 e. The maximum absolute atomic E-state index is 9.69. The van der Waals surface area contributed by atoms with Crippen LogP contribution in [0, 0.1) is 0 Å². The molecule has 3 heteroatoms. The number of aliphatic hydroxyl groups is 1. The van der Waals surface area contributed by atoms with Crippen molar-refractivity contribution < 1.29 is 5.11 Å². The van der Waals surface area contributed by atoms with Crippen molar-refractivity contribution in [2.75, 3.05) is 6.61 Å². The molecule has 1 N–H and O–H groups in total. The molecule has 0 bridgehead atoms. The number of benzene rings is 2. The fraction of sp³-hybridized carbons (Fsp3) is 0.200. The predicted octanol–water partition coefficient (Wildman–Crippen LogP) is 3.99. The average Bonchev–Trinajstić information content (AvgIpc) is 2.84. The van der Waals surface area contributed by atoms with E-state index >= 15 is 0 Å².